The monoisotopic (exact) mass is 638 g/mol. The minimum absolute atomic E-state index is 0.00431. The summed E-state index contributed by atoms with van der Waals surface area (Å²) in [6.45, 7) is 25.2. The van der Waals surface area contributed by atoms with E-state index in [1.807, 2.05) is 41.5 Å². The number of methoxy groups -OCH3 is 1. The van der Waals surface area contributed by atoms with Gasteiger partial charge in [-0.05, 0) is 97.0 Å². The molecule has 0 aromatic rings. The van der Waals surface area contributed by atoms with Crippen molar-refractivity contribution in [1.29, 1.82) is 0 Å². The number of hydrogen-bond donors (Lipinski definition) is 0. The highest BCUT2D eigenvalue weighted by Crippen LogP contribution is 2.41. The highest BCUT2D eigenvalue weighted by Gasteiger charge is 2.40. The van der Waals surface area contributed by atoms with Gasteiger partial charge >= 0.3 is 18.2 Å². The number of allylic oxidation sites excluding steroid dienone is 5. The van der Waals surface area contributed by atoms with Crippen LogP contribution in [0.3, 0.4) is 0 Å². The van der Waals surface area contributed by atoms with Crippen molar-refractivity contribution in [2.45, 2.75) is 119 Å². The molecule has 3 unspecified atom stereocenters. The first-order chi connectivity index (χ1) is 20.6. The average molecular weight is 639 g/mol. The van der Waals surface area contributed by atoms with E-state index in [2.05, 4.69) is 18.2 Å². The second-order valence-electron chi connectivity index (χ2n) is 14.0. The summed E-state index contributed by atoms with van der Waals surface area (Å²) in [7, 11) is 2.82. The predicted molar refractivity (Wildman–Crippen MR) is 177 cm³/mol. The molecule has 0 spiro atoms. The van der Waals surface area contributed by atoms with Crippen LogP contribution in [0.5, 0.6) is 0 Å². The molecule has 1 aliphatic rings. The van der Waals surface area contributed by atoms with E-state index in [0.717, 1.165) is 12.8 Å². The van der Waals surface area contributed by atoms with E-state index < -0.39 is 29.4 Å². The molecule has 1 rings (SSSR count). The number of nitrogens with zero attached hydrogens (tertiary/aromatic N) is 2. The number of halogens is 3. The maximum absolute atomic E-state index is 14.9. The van der Waals surface area contributed by atoms with Crippen molar-refractivity contribution < 1.29 is 32.2 Å². The zero-order valence-corrected chi connectivity index (χ0v) is 29.5. The molecule has 0 radical (unpaired) electrons. The fraction of sp³-hybridized carbons (Fsp3) is 0.694. The van der Waals surface area contributed by atoms with Crippen LogP contribution in [-0.2, 0) is 14.3 Å². The first kappa shape index (κ1) is 40.2. The minimum atomic E-state index is -4.66. The molecule has 6 nitrogen and oxygen atoms in total. The Kier molecular flexibility index (Phi) is 15.3. The van der Waals surface area contributed by atoms with Crippen molar-refractivity contribution in [3.8, 4) is 0 Å². The topological polar surface area (TPSA) is 68.2 Å². The van der Waals surface area contributed by atoms with Crippen molar-refractivity contribution in [1.82, 2.24) is 4.90 Å². The Morgan fingerprint density at radius 3 is 2.13 bits per heavy atom. The molecule has 0 aromatic heterocycles. The van der Waals surface area contributed by atoms with Gasteiger partial charge in [0.2, 0.25) is 0 Å². The van der Waals surface area contributed by atoms with E-state index in [1.54, 1.807) is 25.7 Å². The quantitative estimate of drug-likeness (QED) is 0.0872. The number of ether oxygens (including phenoxy) is 2. The SMILES string of the molecule is C=C(C/C(C(=C)C)=C(C(C)=NC)\C(=C/C(C)C1CCCC(C(=O)OC)C1)C(F)(F)F)C[C@@H](C)N(CC(C)C)C(=O)OC(C)(C)C. The van der Waals surface area contributed by atoms with Crippen LogP contribution in [-0.4, -0.2) is 61.2 Å². The van der Waals surface area contributed by atoms with E-state index in [4.69, 9.17) is 9.47 Å². The van der Waals surface area contributed by atoms with Gasteiger partial charge in [0, 0.05) is 30.9 Å². The smallest absolute Gasteiger partial charge is 0.416 e. The summed E-state index contributed by atoms with van der Waals surface area (Å²) in [5, 5.41) is 0. The van der Waals surface area contributed by atoms with Gasteiger partial charge in [-0.25, -0.2) is 4.79 Å². The van der Waals surface area contributed by atoms with E-state index >= 15 is 0 Å². The van der Waals surface area contributed by atoms with Crippen LogP contribution in [0.2, 0.25) is 0 Å². The van der Waals surface area contributed by atoms with Crippen LogP contribution in [0.1, 0.15) is 101 Å². The average Bonchev–Trinajstić information content (AvgIpc) is 2.92. The van der Waals surface area contributed by atoms with Crippen LogP contribution >= 0.6 is 0 Å². The fourth-order valence-electron chi connectivity index (χ4n) is 5.94. The lowest BCUT2D eigenvalue weighted by atomic mass is 9.74. The number of alkyl halides is 3. The molecule has 1 fully saturated rings. The molecule has 1 aliphatic carbocycles. The van der Waals surface area contributed by atoms with E-state index in [-0.39, 0.29) is 47.5 Å². The molecule has 0 heterocycles. The van der Waals surface area contributed by atoms with E-state index in [1.165, 1.54) is 20.2 Å². The maximum Gasteiger partial charge on any atom is 0.416 e. The standard InChI is InChI=1S/C36H57F3N2O4/c1-22(2)21-41(34(43)45-35(9,10)11)26(7)17-24(5)18-30(23(3)4)32(27(8)40-12)31(36(37,38)39)19-25(6)28-15-14-16-29(20-28)33(42)44-13/h19,22,25-26,28-29H,3,5,14-18,20-21H2,1-2,4,6-13H3/b31-19+,32-30+,40-27?/t25?,26-,28?,29?/m1/s1. The predicted octanol–water partition coefficient (Wildman–Crippen LogP) is 9.67. The fourth-order valence-corrected chi connectivity index (χ4v) is 5.94. The molecule has 0 bridgehead atoms. The van der Waals surface area contributed by atoms with Crippen molar-refractivity contribution in [2.75, 3.05) is 20.7 Å². The van der Waals surface area contributed by atoms with Gasteiger partial charge in [-0.2, -0.15) is 13.2 Å². The summed E-state index contributed by atoms with van der Waals surface area (Å²) < 4.78 is 55.4. The highest BCUT2D eigenvalue weighted by atomic mass is 19.4. The molecular formula is C36H57F3N2O4. The summed E-state index contributed by atoms with van der Waals surface area (Å²) in [6, 6.07) is -0.294. The number of esters is 1. The van der Waals surface area contributed by atoms with Gasteiger partial charge < -0.3 is 14.4 Å². The first-order valence-electron chi connectivity index (χ1n) is 16.0. The number of carbonyl (C=O) groups is 2. The van der Waals surface area contributed by atoms with Gasteiger partial charge in [0.1, 0.15) is 5.60 Å². The van der Waals surface area contributed by atoms with Crippen molar-refractivity contribution in [3.63, 3.8) is 0 Å². The molecule has 1 saturated carbocycles. The summed E-state index contributed by atoms with van der Waals surface area (Å²) in [5.74, 6) is -0.967. The number of aliphatic imine (C=N–C) groups is 1. The third-order valence-corrected chi connectivity index (χ3v) is 8.24. The van der Waals surface area contributed by atoms with Crippen molar-refractivity contribution in [2.24, 2.45) is 28.7 Å². The van der Waals surface area contributed by atoms with Crippen LogP contribution in [0.25, 0.3) is 0 Å². The van der Waals surface area contributed by atoms with Crippen molar-refractivity contribution in [3.05, 3.63) is 47.1 Å². The zero-order chi connectivity index (χ0) is 34.9. The van der Waals surface area contributed by atoms with Crippen LogP contribution < -0.4 is 0 Å². The molecule has 9 heteroatoms. The first-order valence-corrected chi connectivity index (χ1v) is 16.0. The number of carbonyl (C=O) groups excluding carboxylic acids is 2. The van der Waals surface area contributed by atoms with Crippen LogP contribution in [0.4, 0.5) is 18.0 Å². The molecule has 0 N–H and O–H groups in total. The lowest BCUT2D eigenvalue weighted by Crippen LogP contribution is -2.44. The van der Waals surface area contributed by atoms with E-state index in [9.17, 15) is 22.8 Å². The molecule has 0 aliphatic heterocycles. The summed E-state index contributed by atoms with van der Waals surface area (Å²) in [5.41, 5.74) is 0.393. The molecule has 4 atom stereocenters. The third kappa shape index (κ3) is 12.8. The highest BCUT2D eigenvalue weighted by molar-refractivity contribution is 6.03. The lowest BCUT2D eigenvalue weighted by Gasteiger charge is -2.33. The van der Waals surface area contributed by atoms with Gasteiger partial charge in [0.05, 0.1) is 18.6 Å². The Balaban J connectivity index is 3.56. The Morgan fingerprint density at radius 2 is 1.67 bits per heavy atom. The van der Waals surface area contributed by atoms with Gasteiger partial charge in [0.15, 0.2) is 0 Å². The van der Waals surface area contributed by atoms with Crippen LogP contribution in [0.15, 0.2) is 52.1 Å². The third-order valence-electron chi connectivity index (χ3n) is 8.24. The summed E-state index contributed by atoms with van der Waals surface area (Å²) in [4.78, 5) is 31.1. The van der Waals surface area contributed by atoms with E-state index in [0.29, 0.717) is 42.5 Å². The van der Waals surface area contributed by atoms with Gasteiger partial charge in [-0.15, -0.1) is 0 Å². The Hall–Kier alpha value is -2.84. The summed E-state index contributed by atoms with van der Waals surface area (Å²) >= 11 is 0. The molecule has 0 saturated heterocycles. The number of amides is 1. The second-order valence-corrected chi connectivity index (χ2v) is 14.0. The van der Waals surface area contributed by atoms with Gasteiger partial charge in [-0.1, -0.05) is 57.6 Å². The summed E-state index contributed by atoms with van der Waals surface area (Å²) in [6.07, 6.45) is -0.615. The van der Waals surface area contributed by atoms with Gasteiger partial charge in [-0.3, -0.25) is 9.79 Å². The molecule has 45 heavy (non-hydrogen) atoms. The Morgan fingerprint density at radius 1 is 1.07 bits per heavy atom. The largest absolute Gasteiger partial charge is 0.469 e. The molecule has 1 amide bonds. The lowest BCUT2D eigenvalue weighted by molar-refractivity contribution is -0.147. The number of rotatable bonds is 13. The molecular weight excluding hydrogens is 581 g/mol. The van der Waals surface area contributed by atoms with Crippen molar-refractivity contribution >= 4 is 17.8 Å². The van der Waals surface area contributed by atoms with Gasteiger partial charge in [0.25, 0.3) is 0 Å². The minimum Gasteiger partial charge on any atom is -0.469 e. The number of hydrogen-bond acceptors (Lipinski definition) is 5. The zero-order valence-electron chi connectivity index (χ0n) is 29.5. The Bertz CT molecular complexity index is 1160. The second kappa shape index (κ2) is 17.2. The molecule has 0 aromatic carbocycles. The Labute approximate surface area is 269 Å². The maximum atomic E-state index is 14.9. The molecule has 256 valence electrons. The normalized spacial score (nSPS) is 20.2. The van der Waals surface area contributed by atoms with Crippen LogP contribution in [0, 0.1) is 23.7 Å².